The molecular formula is C45H48Cl3NO6Si. The van der Waals surface area contributed by atoms with Gasteiger partial charge in [-0.1, -0.05) is 207 Å². The van der Waals surface area contributed by atoms with Gasteiger partial charge in [-0.05, 0) is 32.1 Å². The molecule has 0 radical (unpaired) electrons. The zero-order chi connectivity index (χ0) is 39.6. The smallest absolute Gasteiger partial charge is 0.265 e. The van der Waals surface area contributed by atoms with E-state index in [2.05, 4.69) is 45.0 Å². The van der Waals surface area contributed by atoms with Crippen molar-refractivity contribution in [3.63, 3.8) is 0 Å². The first-order valence-electron chi connectivity index (χ1n) is 18.6. The van der Waals surface area contributed by atoms with Gasteiger partial charge in [0, 0.05) is 0 Å². The minimum Gasteiger partial charge on any atom is -0.445 e. The van der Waals surface area contributed by atoms with Crippen molar-refractivity contribution in [2.45, 2.75) is 80.1 Å². The Kier molecular flexibility index (Phi) is 14.5. The molecule has 0 spiro atoms. The van der Waals surface area contributed by atoms with Crippen molar-refractivity contribution in [2.24, 2.45) is 0 Å². The van der Waals surface area contributed by atoms with Gasteiger partial charge in [0.1, 0.15) is 24.4 Å². The molecule has 5 atom stereocenters. The van der Waals surface area contributed by atoms with Gasteiger partial charge in [-0.3, -0.25) is 5.41 Å². The summed E-state index contributed by atoms with van der Waals surface area (Å²) in [6.07, 6.45) is -4.49. The highest BCUT2D eigenvalue weighted by Gasteiger charge is 2.54. The van der Waals surface area contributed by atoms with Crippen LogP contribution in [0.1, 0.15) is 37.5 Å². The lowest BCUT2D eigenvalue weighted by molar-refractivity contribution is -0.310. The van der Waals surface area contributed by atoms with E-state index in [1.807, 2.05) is 127 Å². The second kappa shape index (κ2) is 19.3. The van der Waals surface area contributed by atoms with Crippen molar-refractivity contribution in [1.82, 2.24) is 0 Å². The van der Waals surface area contributed by atoms with Gasteiger partial charge in [0.15, 0.2) is 0 Å². The zero-order valence-electron chi connectivity index (χ0n) is 31.7. The SMILES string of the molecule is CC(C)(C)[Si](OC[C@H]1O[C@H](OC(=N)C(Cl)(Cl)Cl)[C@H](OCc2ccccc2)[C@@H](OCc2ccccc2)[C@H]1OCc1ccccc1)(c1ccccc1)c1ccccc1. The second-order valence-electron chi connectivity index (χ2n) is 14.7. The van der Waals surface area contributed by atoms with E-state index in [-0.39, 0.29) is 31.5 Å². The van der Waals surface area contributed by atoms with Crippen molar-refractivity contribution < 1.29 is 28.1 Å². The summed E-state index contributed by atoms with van der Waals surface area (Å²) in [6.45, 7) is 7.43. The summed E-state index contributed by atoms with van der Waals surface area (Å²) >= 11 is 18.6. The third-order valence-corrected chi connectivity index (χ3v) is 15.3. The lowest BCUT2D eigenvalue weighted by Gasteiger charge is -2.48. The van der Waals surface area contributed by atoms with Crippen molar-refractivity contribution in [3.05, 3.63) is 168 Å². The van der Waals surface area contributed by atoms with Crippen molar-refractivity contribution >= 4 is 59.4 Å². The Morgan fingerprint density at radius 1 is 0.571 bits per heavy atom. The van der Waals surface area contributed by atoms with Crippen molar-refractivity contribution in [1.29, 1.82) is 5.41 Å². The molecule has 0 aromatic heterocycles. The Hall–Kier alpha value is -3.54. The molecule has 1 aliphatic heterocycles. The highest BCUT2D eigenvalue weighted by Crippen LogP contribution is 2.39. The topological polar surface area (TPSA) is 79.2 Å². The Morgan fingerprint density at radius 3 is 1.34 bits per heavy atom. The molecule has 1 saturated heterocycles. The van der Waals surface area contributed by atoms with E-state index in [4.69, 9.17) is 68.3 Å². The first-order chi connectivity index (χ1) is 27.0. The molecule has 0 aliphatic carbocycles. The zero-order valence-corrected chi connectivity index (χ0v) is 35.0. The van der Waals surface area contributed by atoms with Gasteiger partial charge >= 0.3 is 0 Å². The first kappa shape index (κ1) is 42.1. The van der Waals surface area contributed by atoms with Gasteiger partial charge in [0.05, 0.1) is 26.4 Å². The molecule has 7 nitrogen and oxygen atoms in total. The molecule has 294 valence electrons. The summed E-state index contributed by atoms with van der Waals surface area (Å²) < 4.78 is 38.6. The molecule has 0 amide bonds. The maximum Gasteiger partial charge on any atom is 0.265 e. The fourth-order valence-corrected chi connectivity index (χ4v) is 11.8. The largest absolute Gasteiger partial charge is 0.445 e. The normalized spacial score (nSPS) is 20.4. The van der Waals surface area contributed by atoms with Crippen LogP contribution >= 0.6 is 34.8 Å². The number of nitrogens with one attached hydrogen (secondary N) is 1. The lowest BCUT2D eigenvalue weighted by Crippen LogP contribution is -2.68. The van der Waals surface area contributed by atoms with E-state index in [1.165, 1.54) is 0 Å². The van der Waals surface area contributed by atoms with Gasteiger partial charge < -0.3 is 28.1 Å². The Morgan fingerprint density at radius 2 is 0.946 bits per heavy atom. The minimum absolute atomic E-state index is 0.0876. The van der Waals surface area contributed by atoms with Crippen molar-refractivity contribution in [2.75, 3.05) is 6.61 Å². The van der Waals surface area contributed by atoms with Crippen LogP contribution in [-0.4, -0.2) is 55.3 Å². The number of rotatable bonds is 15. The van der Waals surface area contributed by atoms with Gasteiger partial charge in [0.2, 0.25) is 12.2 Å². The summed E-state index contributed by atoms with van der Waals surface area (Å²) in [5, 5.41) is 10.5. The summed E-state index contributed by atoms with van der Waals surface area (Å²) in [7, 11) is -3.06. The van der Waals surface area contributed by atoms with E-state index >= 15 is 0 Å². The van der Waals surface area contributed by atoms with Gasteiger partial charge in [-0.2, -0.15) is 0 Å². The van der Waals surface area contributed by atoms with E-state index in [0.29, 0.717) is 0 Å². The standard InChI is InChI=1S/C45H48Cl3NO6Si/c1-44(2,3)56(36-25-15-7-16-26-36,37-27-17-8-18-28-37)53-32-38-39(50-29-33-19-9-4-10-20-33)40(51-30-34-21-11-5-12-22-34)41(52-31-35-23-13-6-14-24-35)42(54-38)55-43(49)45(46,47)48/h4-28,38-42,49H,29-32H2,1-3H3/t38-,39+,40+,41-,42-/m1/s1. The highest BCUT2D eigenvalue weighted by molar-refractivity contribution is 6.99. The molecule has 1 aliphatic rings. The van der Waals surface area contributed by atoms with Crippen LogP contribution in [0.4, 0.5) is 0 Å². The molecule has 0 bridgehead atoms. The average Bonchev–Trinajstić information content (AvgIpc) is 3.20. The fourth-order valence-electron chi connectivity index (χ4n) is 7.13. The number of hydrogen-bond acceptors (Lipinski definition) is 7. The van der Waals surface area contributed by atoms with Crippen LogP contribution in [0.5, 0.6) is 0 Å². The first-order valence-corrected chi connectivity index (χ1v) is 21.7. The second-order valence-corrected chi connectivity index (χ2v) is 21.3. The summed E-state index contributed by atoms with van der Waals surface area (Å²) in [6, 6.07) is 50.3. The molecule has 5 aromatic rings. The monoisotopic (exact) mass is 831 g/mol. The number of benzene rings is 5. The Bertz CT molecular complexity index is 1890. The van der Waals surface area contributed by atoms with E-state index in [1.54, 1.807) is 0 Å². The molecule has 1 heterocycles. The van der Waals surface area contributed by atoms with Gasteiger partial charge in [-0.25, -0.2) is 0 Å². The average molecular weight is 833 g/mol. The molecule has 56 heavy (non-hydrogen) atoms. The molecule has 5 aromatic carbocycles. The Balaban J connectivity index is 1.44. The predicted molar refractivity (Wildman–Crippen MR) is 226 cm³/mol. The number of halogens is 3. The van der Waals surface area contributed by atoms with Crippen LogP contribution in [0.25, 0.3) is 0 Å². The van der Waals surface area contributed by atoms with E-state index in [0.717, 1.165) is 27.1 Å². The third kappa shape index (κ3) is 10.5. The maximum atomic E-state index is 8.63. The minimum atomic E-state index is -3.06. The summed E-state index contributed by atoms with van der Waals surface area (Å²) in [5.41, 5.74) is 2.84. The number of ether oxygens (including phenoxy) is 5. The molecular weight excluding hydrogens is 785 g/mol. The number of alkyl halides is 3. The highest BCUT2D eigenvalue weighted by atomic mass is 35.6. The Labute approximate surface area is 346 Å². The molecule has 0 saturated carbocycles. The van der Waals surface area contributed by atoms with Gasteiger partial charge in [0.25, 0.3) is 12.1 Å². The fraction of sp³-hybridized carbons (Fsp3) is 0.311. The summed E-state index contributed by atoms with van der Waals surface area (Å²) in [4.78, 5) is 0. The van der Waals surface area contributed by atoms with Crippen molar-refractivity contribution in [3.8, 4) is 0 Å². The van der Waals surface area contributed by atoms with Crippen LogP contribution < -0.4 is 10.4 Å². The summed E-state index contributed by atoms with van der Waals surface area (Å²) in [5.74, 6) is -0.613. The number of hydrogen-bond donors (Lipinski definition) is 1. The molecule has 0 unspecified atom stereocenters. The van der Waals surface area contributed by atoms with Gasteiger partial charge in [-0.15, -0.1) is 0 Å². The van der Waals surface area contributed by atoms with E-state index in [9.17, 15) is 0 Å². The van der Waals surface area contributed by atoms with Crippen LogP contribution in [0, 0.1) is 5.41 Å². The third-order valence-electron chi connectivity index (χ3n) is 9.82. The van der Waals surface area contributed by atoms with Crippen LogP contribution in [0.3, 0.4) is 0 Å². The quantitative estimate of drug-likeness (QED) is 0.0491. The lowest BCUT2D eigenvalue weighted by atomic mass is 9.98. The van der Waals surface area contributed by atoms with Crippen LogP contribution in [-0.2, 0) is 47.9 Å². The molecule has 6 rings (SSSR count). The maximum absolute atomic E-state index is 8.63. The molecule has 1 fully saturated rings. The van der Waals surface area contributed by atoms with Crippen LogP contribution in [0.15, 0.2) is 152 Å². The van der Waals surface area contributed by atoms with Crippen LogP contribution in [0.2, 0.25) is 5.04 Å². The van der Waals surface area contributed by atoms with E-state index < -0.39 is 48.7 Å². The molecule has 1 N–H and O–H groups in total. The predicted octanol–water partition coefficient (Wildman–Crippen LogP) is 9.41. The molecule has 11 heteroatoms.